The number of hydrogen-bond acceptors (Lipinski definition) is 7. The van der Waals surface area contributed by atoms with Crippen LogP contribution in [0.25, 0.3) is 0 Å². The van der Waals surface area contributed by atoms with Crippen LogP contribution in [0, 0.1) is 6.92 Å². The molecular formula is C20H25N5O4. The van der Waals surface area contributed by atoms with Gasteiger partial charge in [-0.1, -0.05) is 0 Å². The Kier molecular flexibility index (Phi) is 6.16. The van der Waals surface area contributed by atoms with Crippen molar-refractivity contribution >= 4 is 23.5 Å². The number of methoxy groups -OCH3 is 2. The number of amides is 2. The highest BCUT2D eigenvalue weighted by Gasteiger charge is 2.22. The Bertz CT molecular complexity index is 910. The summed E-state index contributed by atoms with van der Waals surface area (Å²) in [5.41, 5.74) is 1.54. The number of piperazine rings is 1. The number of rotatable bonds is 5. The Balaban J connectivity index is 1.76. The van der Waals surface area contributed by atoms with Crippen LogP contribution < -0.4 is 19.7 Å². The number of aryl methyl sites for hydroxylation is 1. The summed E-state index contributed by atoms with van der Waals surface area (Å²) in [6.07, 6.45) is 0. The molecule has 1 aliphatic heterocycles. The molecule has 0 saturated carbocycles. The van der Waals surface area contributed by atoms with Crippen LogP contribution in [0.5, 0.6) is 11.5 Å². The summed E-state index contributed by atoms with van der Waals surface area (Å²) in [5.74, 6) is 1.31. The van der Waals surface area contributed by atoms with Crippen LogP contribution in [0.3, 0.4) is 0 Å². The molecule has 2 heterocycles. The minimum Gasteiger partial charge on any atom is -0.493 e. The third-order valence-corrected chi connectivity index (χ3v) is 4.72. The van der Waals surface area contributed by atoms with Gasteiger partial charge in [-0.05, 0) is 25.1 Å². The lowest BCUT2D eigenvalue weighted by molar-refractivity contribution is -0.129. The average Bonchev–Trinajstić information content (AvgIpc) is 2.73. The molecule has 0 radical (unpaired) electrons. The monoisotopic (exact) mass is 399 g/mol. The van der Waals surface area contributed by atoms with Gasteiger partial charge in [0.25, 0.3) is 5.91 Å². The van der Waals surface area contributed by atoms with Gasteiger partial charge in [-0.25, -0.2) is 9.97 Å². The van der Waals surface area contributed by atoms with Crippen molar-refractivity contribution < 1.29 is 19.1 Å². The first-order chi connectivity index (χ1) is 13.9. The first kappa shape index (κ1) is 20.4. The van der Waals surface area contributed by atoms with Crippen LogP contribution in [0.15, 0.2) is 24.3 Å². The van der Waals surface area contributed by atoms with Crippen molar-refractivity contribution in [3.8, 4) is 11.5 Å². The van der Waals surface area contributed by atoms with E-state index in [-0.39, 0.29) is 17.5 Å². The van der Waals surface area contributed by atoms with Gasteiger partial charge >= 0.3 is 0 Å². The number of nitrogens with zero attached hydrogens (tertiary/aromatic N) is 4. The van der Waals surface area contributed by atoms with E-state index in [0.29, 0.717) is 55.0 Å². The molecule has 0 bridgehead atoms. The van der Waals surface area contributed by atoms with Crippen molar-refractivity contribution in [2.75, 3.05) is 50.6 Å². The summed E-state index contributed by atoms with van der Waals surface area (Å²) in [6, 6.07) is 6.78. The zero-order valence-corrected chi connectivity index (χ0v) is 17.1. The number of carbonyl (C=O) groups is 2. The molecular weight excluding hydrogens is 374 g/mol. The van der Waals surface area contributed by atoms with Crippen molar-refractivity contribution in [1.82, 2.24) is 14.9 Å². The molecule has 3 rings (SSSR count). The minimum absolute atomic E-state index is 0.0600. The number of ether oxygens (including phenoxy) is 2. The SMILES string of the molecule is COc1ccc(NC(=O)c2cc(C)nc(N3CCN(C(C)=O)CC3)n2)cc1OC. The van der Waals surface area contributed by atoms with E-state index in [1.54, 1.807) is 43.2 Å². The van der Waals surface area contributed by atoms with E-state index in [2.05, 4.69) is 15.3 Å². The minimum atomic E-state index is -0.341. The average molecular weight is 399 g/mol. The van der Waals surface area contributed by atoms with Crippen LogP contribution in [-0.2, 0) is 4.79 Å². The number of benzene rings is 1. The van der Waals surface area contributed by atoms with Gasteiger partial charge in [-0.15, -0.1) is 0 Å². The van der Waals surface area contributed by atoms with Gasteiger partial charge in [-0.2, -0.15) is 0 Å². The quantitative estimate of drug-likeness (QED) is 0.818. The van der Waals surface area contributed by atoms with E-state index < -0.39 is 0 Å². The molecule has 154 valence electrons. The molecule has 1 aromatic carbocycles. The Morgan fingerprint density at radius 2 is 1.69 bits per heavy atom. The summed E-state index contributed by atoms with van der Waals surface area (Å²) in [6.45, 7) is 5.86. The lowest BCUT2D eigenvalue weighted by Crippen LogP contribution is -2.48. The highest BCUT2D eigenvalue weighted by atomic mass is 16.5. The largest absolute Gasteiger partial charge is 0.493 e. The zero-order chi connectivity index (χ0) is 21.0. The highest BCUT2D eigenvalue weighted by Crippen LogP contribution is 2.30. The second-order valence-corrected chi connectivity index (χ2v) is 6.71. The lowest BCUT2D eigenvalue weighted by atomic mass is 10.2. The van der Waals surface area contributed by atoms with Crippen molar-refractivity contribution in [3.05, 3.63) is 35.7 Å². The number of hydrogen-bond donors (Lipinski definition) is 1. The Morgan fingerprint density at radius 1 is 1.00 bits per heavy atom. The van der Waals surface area contributed by atoms with Crippen molar-refractivity contribution in [1.29, 1.82) is 0 Å². The predicted molar refractivity (Wildman–Crippen MR) is 109 cm³/mol. The van der Waals surface area contributed by atoms with Crippen LogP contribution >= 0.6 is 0 Å². The fraction of sp³-hybridized carbons (Fsp3) is 0.400. The maximum absolute atomic E-state index is 12.8. The molecule has 0 spiro atoms. The summed E-state index contributed by atoms with van der Waals surface area (Å²) in [5, 5.41) is 2.83. The highest BCUT2D eigenvalue weighted by molar-refractivity contribution is 6.03. The van der Waals surface area contributed by atoms with Crippen LogP contribution in [0.4, 0.5) is 11.6 Å². The topological polar surface area (TPSA) is 96.9 Å². The first-order valence-corrected chi connectivity index (χ1v) is 9.30. The van der Waals surface area contributed by atoms with E-state index in [1.165, 1.54) is 7.11 Å². The predicted octanol–water partition coefficient (Wildman–Crippen LogP) is 1.72. The van der Waals surface area contributed by atoms with Crippen LogP contribution in [0.2, 0.25) is 0 Å². The molecule has 1 aliphatic rings. The van der Waals surface area contributed by atoms with E-state index in [1.807, 2.05) is 11.8 Å². The van der Waals surface area contributed by atoms with Crippen LogP contribution in [-0.4, -0.2) is 67.1 Å². The molecule has 9 heteroatoms. The van der Waals surface area contributed by atoms with Gasteiger partial charge in [0.15, 0.2) is 11.5 Å². The van der Waals surface area contributed by atoms with Crippen molar-refractivity contribution in [2.24, 2.45) is 0 Å². The number of nitrogens with one attached hydrogen (secondary N) is 1. The number of carbonyl (C=O) groups excluding carboxylic acids is 2. The first-order valence-electron chi connectivity index (χ1n) is 9.30. The summed E-state index contributed by atoms with van der Waals surface area (Å²) < 4.78 is 10.5. The smallest absolute Gasteiger partial charge is 0.274 e. The molecule has 0 aliphatic carbocycles. The Labute approximate surface area is 169 Å². The second kappa shape index (κ2) is 8.76. The molecule has 1 N–H and O–H groups in total. The fourth-order valence-electron chi connectivity index (χ4n) is 3.14. The maximum Gasteiger partial charge on any atom is 0.274 e. The van der Waals surface area contributed by atoms with Crippen molar-refractivity contribution in [3.63, 3.8) is 0 Å². The normalized spacial score (nSPS) is 13.8. The van der Waals surface area contributed by atoms with Gasteiger partial charge in [0.05, 0.1) is 14.2 Å². The molecule has 1 fully saturated rings. The molecule has 1 aromatic heterocycles. The molecule has 1 saturated heterocycles. The van der Waals surface area contributed by atoms with Crippen molar-refractivity contribution in [2.45, 2.75) is 13.8 Å². The van der Waals surface area contributed by atoms with Gasteiger partial charge in [0.2, 0.25) is 11.9 Å². The maximum atomic E-state index is 12.8. The standard InChI is InChI=1S/C20H25N5O4/c1-13-11-16(19(27)22-15-5-6-17(28-3)18(12-15)29-4)23-20(21-13)25-9-7-24(8-10-25)14(2)26/h5-6,11-12H,7-10H2,1-4H3,(H,22,27). The van der Waals surface area contributed by atoms with Gasteiger partial charge in [0.1, 0.15) is 5.69 Å². The molecule has 29 heavy (non-hydrogen) atoms. The third kappa shape index (κ3) is 4.74. The summed E-state index contributed by atoms with van der Waals surface area (Å²) >= 11 is 0. The summed E-state index contributed by atoms with van der Waals surface area (Å²) in [7, 11) is 3.09. The molecule has 2 amide bonds. The lowest BCUT2D eigenvalue weighted by Gasteiger charge is -2.34. The Hall–Kier alpha value is -3.36. The zero-order valence-electron chi connectivity index (χ0n) is 17.1. The third-order valence-electron chi connectivity index (χ3n) is 4.72. The molecule has 2 aromatic rings. The Morgan fingerprint density at radius 3 is 2.31 bits per heavy atom. The molecule has 0 unspecified atom stereocenters. The molecule has 9 nitrogen and oxygen atoms in total. The number of anilines is 2. The van der Waals surface area contributed by atoms with E-state index in [9.17, 15) is 9.59 Å². The van der Waals surface area contributed by atoms with Gasteiger partial charge in [-0.3, -0.25) is 9.59 Å². The second-order valence-electron chi connectivity index (χ2n) is 6.71. The van der Waals surface area contributed by atoms with Gasteiger partial charge < -0.3 is 24.6 Å². The van der Waals surface area contributed by atoms with Gasteiger partial charge in [0, 0.05) is 50.6 Å². The fourth-order valence-corrected chi connectivity index (χ4v) is 3.14. The van der Waals surface area contributed by atoms with Crippen LogP contribution in [0.1, 0.15) is 23.1 Å². The van der Waals surface area contributed by atoms with E-state index in [0.717, 1.165) is 0 Å². The summed E-state index contributed by atoms with van der Waals surface area (Å²) in [4.78, 5) is 36.9. The van der Waals surface area contributed by atoms with E-state index >= 15 is 0 Å². The number of aromatic nitrogens is 2. The van der Waals surface area contributed by atoms with E-state index in [4.69, 9.17) is 9.47 Å². The molecule has 0 atom stereocenters.